The molecule has 10 nitrogen and oxygen atoms in total. The minimum absolute atomic E-state index is 0.162. The van der Waals surface area contributed by atoms with E-state index in [4.69, 9.17) is 19.4 Å². The van der Waals surface area contributed by atoms with Crippen LogP contribution in [0.3, 0.4) is 0 Å². The van der Waals surface area contributed by atoms with Crippen molar-refractivity contribution < 1.29 is 32.2 Å². The Morgan fingerprint density at radius 2 is 1.27 bits per heavy atom. The average molecular weight is 761 g/mol. The number of likely N-dealkylation sites (tertiary alicyclic amines) is 2. The van der Waals surface area contributed by atoms with Gasteiger partial charge in [-0.05, 0) is 110 Å². The second kappa shape index (κ2) is 14.7. The highest BCUT2D eigenvalue weighted by Crippen LogP contribution is 2.39. The van der Waals surface area contributed by atoms with Gasteiger partial charge in [-0.2, -0.15) is 13.2 Å². The number of halogens is 3. The summed E-state index contributed by atoms with van der Waals surface area (Å²) in [6.07, 6.45) is -0.601. The number of hydrogen-bond acceptors (Lipinski definition) is 6. The number of H-pyrrole nitrogens is 2. The van der Waals surface area contributed by atoms with Gasteiger partial charge in [-0.15, -0.1) is 0 Å². The van der Waals surface area contributed by atoms with Gasteiger partial charge in [-0.3, -0.25) is 9.80 Å². The molecule has 13 heteroatoms. The number of nitrogens with one attached hydrogen (secondary N) is 2. The van der Waals surface area contributed by atoms with Gasteiger partial charge < -0.3 is 19.4 Å². The Hall–Kier alpha value is -4.81. The highest BCUT2D eigenvalue weighted by Gasteiger charge is 2.38. The fourth-order valence-electron chi connectivity index (χ4n) is 7.93. The van der Waals surface area contributed by atoms with Gasteiger partial charge in [0.25, 0.3) is 0 Å². The number of fused-ring (bicyclic) bond motifs is 3. The first kappa shape index (κ1) is 38.5. The number of aryl methyl sites for hydroxylation is 3. The summed E-state index contributed by atoms with van der Waals surface area (Å²) < 4.78 is 51.6. The van der Waals surface area contributed by atoms with E-state index >= 15 is 0 Å². The van der Waals surface area contributed by atoms with E-state index in [1.165, 1.54) is 5.56 Å². The molecule has 55 heavy (non-hydrogen) atoms. The van der Waals surface area contributed by atoms with Gasteiger partial charge in [0.1, 0.15) is 22.9 Å². The monoisotopic (exact) mass is 760 g/mol. The number of aromatic nitrogens is 4. The van der Waals surface area contributed by atoms with Crippen LogP contribution in [0.1, 0.15) is 121 Å². The van der Waals surface area contributed by atoms with E-state index in [9.17, 15) is 22.8 Å². The van der Waals surface area contributed by atoms with Crippen molar-refractivity contribution in [2.75, 3.05) is 13.1 Å². The Morgan fingerprint density at radius 1 is 0.727 bits per heavy atom. The van der Waals surface area contributed by atoms with Gasteiger partial charge in [-0.1, -0.05) is 42.5 Å². The molecule has 4 aromatic rings. The lowest BCUT2D eigenvalue weighted by molar-refractivity contribution is -0.134. The molecule has 2 atom stereocenters. The number of hydrogen-bond donors (Lipinski definition) is 2. The van der Waals surface area contributed by atoms with E-state index in [0.29, 0.717) is 42.3 Å². The molecule has 2 aliphatic heterocycles. The molecule has 4 heterocycles. The first-order chi connectivity index (χ1) is 25.9. The van der Waals surface area contributed by atoms with E-state index in [-0.39, 0.29) is 18.6 Å². The number of rotatable bonds is 6. The Kier molecular flexibility index (Phi) is 10.3. The molecule has 2 fully saturated rings. The van der Waals surface area contributed by atoms with Crippen LogP contribution in [-0.2, 0) is 28.7 Å². The van der Waals surface area contributed by atoms with Crippen LogP contribution in [0.2, 0.25) is 0 Å². The van der Waals surface area contributed by atoms with Crippen molar-refractivity contribution in [1.82, 2.24) is 29.7 Å². The van der Waals surface area contributed by atoms with Crippen LogP contribution in [-0.4, -0.2) is 72.4 Å². The van der Waals surface area contributed by atoms with E-state index in [2.05, 4.69) is 28.2 Å². The molecule has 7 rings (SSSR count). The minimum Gasteiger partial charge on any atom is -0.444 e. The largest absolute Gasteiger partial charge is 0.444 e. The maximum Gasteiger partial charge on any atom is 0.410 e. The van der Waals surface area contributed by atoms with E-state index < -0.39 is 35.9 Å². The molecule has 3 aliphatic rings. The van der Waals surface area contributed by atoms with Crippen LogP contribution >= 0.6 is 0 Å². The molecule has 2 aromatic heterocycles. The number of amides is 2. The molecule has 2 aromatic carbocycles. The molecule has 1 aliphatic carbocycles. The fourth-order valence-corrected chi connectivity index (χ4v) is 7.93. The number of carbonyl (C=O) groups excluding carboxylic acids is 2. The van der Waals surface area contributed by atoms with Gasteiger partial charge in [0, 0.05) is 42.0 Å². The van der Waals surface area contributed by atoms with Gasteiger partial charge in [0.05, 0.1) is 23.5 Å². The lowest BCUT2D eigenvalue weighted by Gasteiger charge is -2.27. The number of aromatic amines is 2. The Morgan fingerprint density at radius 3 is 1.85 bits per heavy atom. The van der Waals surface area contributed by atoms with Crippen molar-refractivity contribution in [3.8, 4) is 33.6 Å². The third kappa shape index (κ3) is 8.70. The second-order valence-corrected chi connectivity index (χ2v) is 17.0. The van der Waals surface area contributed by atoms with Crippen LogP contribution in [0, 0.1) is 0 Å². The zero-order valence-electron chi connectivity index (χ0n) is 32.5. The van der Waals surface area contributed by atoms with E-state index in [1.54, 1.807) is 30.6 Å². The maximum absolute atomic E-state index is 13.4. The SMILES string of the molecule is CC(C)(C)OC(=O)N1CCC[C@H]1c1nc(-c2ccc(-c3ccc4c(c3)CCCc3[nH]c([C@@H]5CCCN5C(=O)OC(C)(C)C)nc3-4)cc2)c(CCC(F)(F)F)[nH]1. The van der Waals surface area contributed by atoms with E-state index in [0.717, 1.165) is 72.4 Å². The van der Waals surface area contributed by atoms with Gasteiger partial charge in [-0.25, -0.2) is 19.6 Å². The number of imidazole rings is 2. The van der Waals surface area contributed by atoms with Crippen LogP contribution in [0.25, 0.3) is 33.6 Å². The van der Waals surface area contributed by atoms with Crippen molar-refractivity contribution in [3.63, 3.8) is 0 Å². The third-order valence-corrected chi connectivity index (χ3v) is 10.4. The lowest BCUT2D eigenvalue weighted by Crippen LogP contribution is -2.36. The Labute approximate surface area is 320 Å². The quantitative estimate of drug-likeness (QED) is 0.202. The summed E-state index contributed by atoms with van der Waals surface area (Å²) in [6.45, 7) is 12.1. The summed E-state index contributed by atoms with van der Waals surface area (Å²) in [4.78, 5) is 46.1. The van der Waals surface area contributed by atoms with Crippen molar-refractivity contribution in [2.24, 2.45) is 0 Å². The fraction of sp³-hybridized carbons (Fsp3) is 0.524. The molecule has 2 N–H and O–H groups in total. The van der Waals surface area contributed by atoms with Crippen molar-refractivity contribution in [1.29, 1.82) is 0 Å². The van der Waals surface area contributed by atoms with Crippen LogP contribution < -0.4 is 0 Å². The number of alkyl halides is 3. The third-order valence-electron chi connectivity index (χ3n) is 10.4. The van der Waals surface area contributed by atoms with E-state index in [1.807, 2.05) is 45.0 Å². The first-order valence-electron chi connectivity index (χ1n) is 19.4. The topological polar surface area (TPSA) is 116 Å². The molecule has 0 radical (unpaired) electrons. The van der Waals surface area contributed by atoms with Crippen molar-refractivity contribution in [2.45, 2.75) is 129 Å². The zero-order valence-corrected chi connectivity index (χ0v) is 32.5. The first-order valence-corrected chi connectivity index (χ1v) is 19.4. The molecule has 0 spiro atoms. The molecular weight excluding hydrogens is 709 g/mol. The Balaban J connectivity index is 1.13. The van der Waals surface area contributed by atoms with Crippen LogP contribution in [0.15, 0.2) is 42.5 Å². The maximum atomic E-state index is 13.4. The number of ether oxygens (including phenoxy) is 2. The minimum atomic E-state index is -4.33. The summed E-state index contributed by atoms with van der Waals surface area (Å²) in [7, 11) is 0. The highest BCUT2D eigenvalue weighted by atomic mass is 19.4. The summed E-state index contributed by atoms with van der Waals surface area (Å²) in [6, 6.07) is 13.5. The van der Waals surface area contributed by atoms with Crippen LogP contribution in [0.4, 0.5) is 22.8 Å². The van der Waals surface area contributed by atoms with Gasteiger partial charge >= 0.3 is 18.4 Å². The van der Waals surface area contributed by atoms with Crippen molar-refractivity contribution >= 4 is 12.2 Å². The normalized spacial score (nSPS) is 18.9. The molecule has 0 bridgehead atoms. The molecule has 294 valence electrons. The summed E-state index contributed by atoms with van der Waals surface area (Å²) in [5, 5.41) is 0. The molecule has 0 saturated carbocycles. The van der Waals surface area contributed by atoms with Gasteiger partial charge in [0.2, 0.25) is 0 Å². The summed E-state index contributed by atoms with van der Waals surface area (Å²) in [5.74, 6) is 1.26. The molecular formula is C42H51F3N6O4. The lowest BCUT2D eigenvalue weighted by atomic mass is 9.95. The Bertz CT molecular complexity index is 2040. The molecule has 2 amide bonds. The van der Waals surface area contributed by atoms with Crippen molar-refractivity contribution in [3.05, 3.63) is 71.1 Å². The number of nitrogens with zero attached hydrogens (tertiary/aromatic N) is 4. The predicted molar refractivity (Wildman–Crippen MR) is 203 cm³/mol. The van der Waals surface area contributed by atoms with Crippen LogP contribution in [0.5, 0.6) is 0 Å². The zero-order chi connectivity index (χ0) is 39.3. The average Bonchev–Trinajstić information content (AvgIpc) is 3.90. The smallest absolute Gasteiger partial charge is 0.410 e. The van der Waals surface area contributed by atoms with Gasteiger partial charge in [0.15, 0.2) is 0 Å². The molecule has 2 saturated heterocycles. The summed E-state index contributed by atoms with van der Waals surface area (Å²) in [5.41, 5.74) is 6.54. The summed E-state index contributed by atoms with van der Waals surface area (Å²) >= 11 is 0. The standard InChI is InChI=1S/C42H51F3N6O4/c1-40(2,3)54-38(52)50-22-8-12-32(50)36-47-31(20-21-42(43,44)45)34(48-36)26-16-14-25(15-17-26)27-18-19-29-28(24-27)10-7-11-30-35(29)49-37(46-30)33-13-9-23-51(33)39(53)55-41(4,5)6/h14-19,24,32-33H,7-13,20-23H2,1-6H3,(H,46,49)(H,47,48)/t32-,33-/m0/s1. The predicted octanol–water partition coefficient (Wildman–Crippen LogP) is 10.3. The second-order valence-electron chi connectivity index (χ2n) is 17.0. The molecule has 0 unspecified atom stereocenters. The highest BCUT2D eigenvalue weighted by molar-refractivity contribution is 5.76. The number of benzene rings is 2. The number of carbonyl (C=O) groups is 2.